The van der Waals surface area contributed by atoms with Gasteiger partial charge < -0.3 is 4.42 Å². The minimum Gasteiger partial charge on any atom is -0.456 e. The predicted molar refractivity (Wildman–Crippen MR) is 268 cm³/mol. The molecule has 0 unspecified atom stereocenters. The van der Waals surface area contributed by atoms with Gasteiger partial charge in [-0.05, 0) is 146 Å². The van der Waals surface area contributed by atoms with Crippen molar-refractivity contribution in [2.45, 2.75) is 0 Å². The first-order valence-corrected chi connectivity index (χ1v) is 21.7. The Morgan fingerprint density at radius 2 is 0.587 bits per heavy atom. The second kappa shape index (κ2) is 14.2. The van der Waals surface area contributed by atoms with Crippen LogP contribution >= 0.6 is 0 Å². The van der Waals surface area contributed by atoms with Crippen LogP contribution in [-0.4, -0.2) is 0 Å². The van der Waals surface area contributed by atoms with Crippen LogP contribution in [0.4, 0.5) is 0 Å². The van der Waals surface area contributed by atoms with Crippen LogP contribution in [0.2, 0.25) is 0 Å². The molecule has 0 fully saturated rings. The van der Waals surface area contributed by atoms with Gasteiger partial charge in [0.25, 0.3) is 0 Å². The van der Waals surface area contributed by atoms with E-state index >= 15 is 0 Å². The summed E-state index contributed by atoms with van der Waals surface area (Å²) < 4.78 is 6.43. The molecule has 0 N–H and O–H groups in total. The van der Waals surface area contributed by atoms with Crippen molar-refractivity contribution in [3.05, 3.63) is 231 Å². The van der Waals surface area contributed by atoms with Crippen LogP contribution in [0.15, 0.2) is 235 Å². The van der Waals surface area contributed by atoms with Gasteiger partial charge in [0.15, 0.2) is 0 Å². The van der Waals surface area contributed by atoms with Gasteiger partial charge in [-0.15, -0.1) is 0 Å². The van der Waals surface area contributed by atoms with E-state index in [4.69, 9.17) is 4.42 Å². The van der Waals surface area contributed by atoms with Gasteiger partial charge in [0, 0.05) is 10.8 Å². The summed E-state index contributed by atoms with van der Waals surface area (Å²) in [6, 6.07) is 84.5. The molecule has 1 aromatic heterocycles. The zero-order valence-electron chi connectivity index (χ0n) is 34.3. The van der Waals surface area contributed by atoms with E-state index in [0.717, 1.165) is 22.1 Å². The Bertz CT molecular complexity index is 3940. The second-order valence-corrected chi connectivity index (χ2v) is 16.8. The first-order valence-electron chi connectivity index (χ1n) is 21.7. The van der Waals surface area contributed by atoms with E-state index in [1.165, 1.54) is 109 Å². The van der Waals surface area contributed by atoms with Gasteiger partial charge in [0.05, 0.1) is 0 Å². The van der Waals surface area contributed by atoms with Gasteiger partial charge >= 0.3 is 0 Å². The first-order chi connectivity index (χ1) is 31.2. The summed E-state index contributed by atoms with van der Waals surface area (Å²) in [5, 5.41) is 14.7. The third-order valence-corrected chi connectivity index (χ3v) is 13.2. The standard InChI is InChI=1S/C62H38O/c1-3-12-46-35-48(27-21-39(46)9-1)41-17-23-44(24-18-41)60-53-15-7-8-16-54(53)61(45-25-19-42(20-26-45)49-28-22-40-10-2-4-13-47(40)36-49)56-37-50(29-32-55(56)60)51-31-33-58-57(38-51)62-52-14-6-5-11-43(52)30-34-59(62)63-58/h1-38H. The minimum atomic E-state index is 0.901. The SMILES string of the molecule is c1ccc2cc(-c3ccc(-c4c5ccccc5c(-c5ccc(-c6ccc7ccccc7c6)cc5)c5cc(-c6ccc7oc8ccc9ccccc9c8c7c6)ccc45)cc3)ccc2c1. The largest absolute Gasteiger partial charge is 0.456 e. The fourth-order valence-corrected chi connectivity index (χ4v) is 10.1. The molecular weight excluding hydrogens is 761 g/mol. The van der Waals surface area contributed by atoms with Crippen molar-refractivity contribution in [2.24, 2.45) is 0 Å². The van der Waals surface area contributed by atoms with Crippen LogP contribution in [0.5, 0.6) is 0 Å². The van der Waals surface area contributed by atoms with Gasteiger partial charge in [-0.2, -0.15) is 0 Å². The van der Waals surface area contributed by atoms with E-state index < -0.39 is 0 Å². The molecule has 0 saturated carbocycles. The topological polar surface area (TPSA) is 13.1 Å². The monoisotopic (exact) mass is 798 g/mol. The van der Waals surface area contributed by atoms with E-state index in [0.29, 0.717) is 0 Å². The number of fused-ring (bicyclic) bond motifs is 9. The molecule has 0 saturated heterocycles. The van der Waals surface area contributed by atoms with E-state index in [1.54, 1.807) is 0 Å². The van der Waals surface area contributed by atoms with Crippen molar-refractivity contribution in [1.29, 1.82) is 0 Å². The Kier molecular flexibility index (Phi) is 7.98. The average Bonchev–Trinajstić information content (AvgIpc) is 3.74. The third-order valence-electron chi connectivity index (χ3n) is 13.2. The van der Waals surface area contributed by atoms with Gasteiger partial charge in [0.1, 0.15) is 11.2 Å². The maximum Gasteiger partial charge on any atom is 0.136 e. The van der Waals surface area contributed by atoms with Crippen LogP contribution in [0, 0.1) is 0 Å². The van der Waals surface area contributed by atoms with E-state index in [1.807, 2.05) is 0 Å². The van der Waals surface area contributed by atoms with Gasteiger partial charge in [-0.1, -0.05) is 194 Å². The molecule has 1 nitrogen and oxygen atoms in total. The summed E-state index contributed by atoms with van der Waals surface area (Å²) in [7, 11) is 0. The van der Waals surface area contributed by atoms with Crippen molar-refractivity contribution in [3.8, 4) is 55.6 Å². The molecule has 0 aliphatic heterocycles. The fraction of sp³-hybridized carbons (Fsp3) is 0. The number of furan rings is 1. The smallest absolute Gasteiger partial charge is 0.136 e. The summed E-state index contributed by atoms with van der Waals surface area (Å²) in [4.78, 5) is 0. The highest BCUT2D eigenvalue weighted by Crippen LogP contribution is 2.46. The Morgan fingerprint density at radius 1 is 0.206 bits per heavy atom. The molecule has 1 heterocycles. The van der Waals surface area contributed by atoms with Gasteiger partial charge in [0.2, 0.25) is 0 Å². The lowest BCUT2D eigenvalue weighted by Crippen LogP contribution is -1.92. The molecule has 13 rings (SSSR count). The number of rotatable bonds is 5. The zero-order chi connectivity index (χ0) is 41.4. The maximum atomic E-state index is 6.43. The van der Waals surface area contributed by atoms with Crippen LogP contribution < -0.4 is 0 Å². The molecule has 0 bridgehead atoms. The summed E-state index contributed by atoms with van der Waals surface area (Å²) in [5.41, 5.74) is 13.9. The minimum absolute atomic E-state index is 0.901. The molecule has 0 aliphatic rings. The van der Waals surface area contributed by atoms with Crippen LogP contribution in [0.3, 0.4) is 0 Å². The van der Waals surface area contributed by atoms with Crippen LogP contribution in [-0.2, 0) is 0 Å². The van der Waals surface area contributed by atoms with Crippen molar-refractivity contribution in [1.82, 2.24) is 0 Å². The molecule has 13 aromatic rings. The zero-order valence-corrected chi connectivity index (χ0v) is 34.3. The molecule has 292 valence electrons. The molecule has 0 aliphatic carbocycles. The Labute approximate surface area is 364 Å². The fourth-order valence-electron chi connectivity index (χ4n) is 10.1. The summed E-state index contributed by atoms with van der Waals surface area (Å²) in [6.45, 7) is 0. The summed E-state index contributed by atoms with van der Waals surface area (Å²) >= 11 is 0. The van der Waals surface area contributed by atoms with Crippen molar-refractivity contribution < 1.29 is 4.42 Å². The Hall–Kier alpha value is -8.26. The van der Waals surface area contributed by atoms with E-state index in [-0.39, 0.29) is 0 Å². The lowest BCUT2D eigenvalue weighted by molar-refractivity contribution is 0.669. The average molecular weight is 799 g/mol. The summed E-state index contributed by atoms with van der Waals surface area (Å²) in [6.07, 6.45) is 0. The third kappa shape index (κ3) is 5.86. The van der Waals surface area contributed by atoms with Crippen LogP contribution in [0.25, 0.3) is 131 Å². The molecule has 12 aromatic carbocycles. The second-order valence-electron chi connectivity index (χ2n) is 16.8. The Balaban J connectivity index is 1.01. The number of hydrogen-bond acceptors (Lipinski definition) is 1. The molecular formula is C62H38O. The highest BCUT2D eigenvalue weighted by molar-refractivity contribution is 6.23. The lowest BCUT2D eigenvalue weighted by atomic mass is 9.84. The highest BCUT2D eigenvalue weighted by atomic mass is 16.3. The van der Waals surface area contributed by atoms with Gasteiger partial charge in [-0.3, -0.25) is 0 Å². The van der Waals surface area contributed by atoms with E-state index in [2.05, 4.69) is 231 Å². The normalized spacial score (nSPS) is 11.8. The highest BCUT2D eigenvalue weighted by Gasteiger charge is 2.19. The Morgan fingerprint density at radius 3 is 1.19 bits per heavy atom. The quantitative estimate of drug-likeness (QED) is 0.158. The predicted octanol–water partition coefficient (Wildman–Crippen LogP) is 17.7. The molecule has 0 radical (unpaired) electrons. The number of hydrogen-bond donors (Lipinski definition) is 0. The molecule has 0 spiro atoms. The van der Waals surface area contributed by atoms with Crippen LogP contribution in [0.1, 0.15) is 0 Å². The number of benzene rings is 12. The lowest BCUT2D eigenvalue weighted by Gasteiger charge is -2.19. The van der Waals surface area contributed by atoms with E-state index in [9.17, 15) is 0 Å². The molecule has 1 heteroatoms. The first kappa shape index (κ1) is 35.5. The van der Waals surface area contributed by atoms with Gasteiger partial charge in [-0.25, -0.2) is 0 Å². The van der Waals surface area contributed by atoms with Crippen molar-refractivity contribution >= 4 is 75.8 Å². The van der Waals surface area contributed by atoms with Crippen molar-refractivity contribution in [3.63, 3.8) is 0 Å². The maximum absolute atomic E-state index is 6.43. The molecule has 0 atom stereocenters. The molecule has 63 heavy (non-hydrogen) atoms. The summed E-state index contributed by atoms with van der Waals surface area (Å²) in [5.74, 6) is 0. The molecule has 0 amide bonds. The van der Waals surface area contributed by atoms with Crippen molar-refractivity contribution in [2.75, 3.05) is 0 Å².